The third-order valence-corrected chi connectivity index (χ3v) is 7.36. The van der Waals surface area contributed by atoms with Crippen LogP contribution in [0.1, 0.15) is 23.2 Å². The van der Waals surface area contributed by atoms with Crippen LogP contribution in [0.5, 0.6) is 6.01 Å². The molecule has 1 aromatic heterocycles. The molecule has 4 heterocycles. The van der Waals surface area contributed by atoms with Gasteiger partial charge in [0.05, 0.1) is 12.3 Å². The first-order valence-corrected chi connectivity index (χ1v) is 13.1. The van der Waals surface area contributed by atoms with E-state index in [-0.39, 0.29) is 25.3 Å². The summed E-state index contributed by atoms with van der Waals surface area (Å²) in [6.45, 7) is 13.8. The van der Waals surface area contributed by atoms with Crippen LogP contribution in [-0.4, -0.2) is 91.4 Å². The molecule has 1 amide bonds. The van der Waals surface area contributed by atoms with E-state index in [0.717, 1.165) is 55.1 Å². The van der Waals surface area contributed by atoms with E-state index in [4.69, 9.17) is 26.0 Å². The van der Waals surface area contributed by atoms with Crippen molar-refractivity contribution in [3.63, 3.8) is 0 Å². The number of fused-ring (bicyclic) bond motifs is 1. The molecule has 10 heteroatoms. The molecule has 0 radical (unpaired) electrons. The van der Waals surface area contributed by atoms with Crippen molar-refractivity contribution in [2.75, 3.05) is 64.4 Å². The molecule has 10 nitrogen and oxygen atoms in total. The third kappa shape index (κ3) is 6.12. The number of ether oxygens (including phenoxy) is 2. The summed E-state index contributed by atoms with van der Waals surface area (Å²) < 4.78 is 11.7. The minimum Gasteiger partial charge on any atom is -0.463 e. The Hall–Kier alpha value is -3.42. The Bertz CT molecular complexity index is 1120. The van der Waals surface area contributed by atoms with Crippen molar-refractivity contribution < 1.29 is 14.3 Å². The standard InChI is InChI=1S/C27H35N7O3/c1-28-14-22-17-33(12-13-34(22)27(35)37-18-20-6-4-3-5-7-20)25-23-8-10-29-15-24(23)30-26(31-25)36-19-21-9-11-32(2)16-21/h3-7,21-22,29H,8-19H2,2H3/t21-,22?/m1/s1. The highest BCUT2D eigenvalue weighted by Gasteiger charge is 2.36. The molecule has 2 aromatic rings. The van der Waals surface area contributed by atoms with Gasteiger partial charge in [0.15, 0.2) is 0 Å². The molecule has 2 atom stereocenters. The monoisotopic (exact) mass is 505 g/mol. The summed E-state index contributed by atoms with van der Waals surface area (Å²) in [6.07, 6.45) is 1.58. The Labute approximate surface area is 218 Å². The van der Waals surface area contributed by atoms with E-state index in [0.29, 0.717) is 44.7 Å². The second-order valence-corrected chi connectivity index (χ2v) is 10.1. The largest absolute Gasteiger partial charge is 0.463 e. The maximum atomic E-state index is 12.9. The van der Waals surface area contributed by atoms with Crippen molar-refractivity contribution in [3.05, 3.63) is 58.6 Å². The first kappa shape index (κ1) is 25.2. The number of rotatable bonds is 7. The number of aromatic nitrogens is 2. The van der Waals surface area contributed by atoms with Crippen LogP contribution in [0.25, 0.3) is 4.85 Å². The van der Waals surface area contributed by atoms with Crippen LogP contribution >= 0.6 is 0 Å². The molecule has 0 aliphatic carbocycles. The molecular weight excluding hydrogens is 470 g/mol. The highest BCUT2D eigenvalue weighted by Crippen LogP contribution is 2.29. The number of nitrogens with zero attached hydrogens (tertiary/aromatic N) is 6. The molecule has 1 N–H and O–H groups in total. The Balaban J connectivity index is 1.29. The lowest BCUT2D eigenvalue weighted by Crippen LogP contribution is -2.57. The van der Waals surface area contributed by atoms with E-state index < -0.39 is 0 Å². The molecule has 0 spiro atoms. The molecule has 37 heavy (non-hydrogen) atoms. The zero-order chi connectivity index (χ0) is 25.6. The van der Waals surface area contributed by atoms with Crippen molar-refractivity contribution >= 4 is 11.9 Å². The second-order valence-electron chi connectivity index (χ2n) is 10.1. The average molecular weight is 506 g/mol. The van der Waals surface area contributed by atoms with E-state index in [1.165, 1.54) is 0 Å². The van der Waals surface area contributed by atoms with Crippen molar-refractivity contribution in [1.82, 2.24) is 25.1 Å². The van der Waals surface area contributed by atoms with Gasteiger partial charge in [-0.25, -0.2) is 11.4 Å². The summed E-state index contributed by atoms with van der Waals surface area (Å²) in [7, 11) is 2.13. The zero-order valence-electron chi connectivity index (χ0n) is 21.4. The second kappa shape index (κ2) is 11.8. The van der Waals surface area contributed by atoms with E-state index in [1.54, 1.807) is 4.90 Å². The van der Waals surface area contributed by atoms with E-state index in [1.807, 2.05) is 30.3 Å². The predicted octanol–water partition coefficient (Wildman–Crippen LogP) is 2.20. The summed E-state index contributed by atoms with van der Waals surface area (Å²) in [6, 6.07) is 9.78. The number of piperazine rings is 1. The predicted molar refractivity (Wildman–Crippen MR) is 139 cm³/mol. The fraction of sp³-hybridized carbons (Fsp3) is 0.556. The fourth-order valence-electron chi connectivity index (χ4n) is 5.35. The molecule has 2 saturated heterocycles. The highest BCUT2D eigenvalue weighted by molar-refractivity contribution is 5.69. The van der Waals surface area contributed by atoms with Gasteiger partial charge in [-0.15, -0.1) is 0 Å². The smallest absolute Gasteiger partial charge is 0.410 e. The van der Waals surface area contributed by atoms with Crippen molar-refractivity contribution in [2.45, 2.75) is 32.0 Å². The number of carbonyl (C=O) groups excluding carboxylic acids is 1. The summed E-state index contributed by atoms with van der Waals surface area (Å²) in [5.41, 5.74) is 3.05. The summed E-state index contributed by atoms with van der Waals surface area (Å²) in [5, 5.41) is 3.40. The number of anilines is 1. The number of nitrogens with one attached hydrogen (secondary N) is 1. The average Bonchev–Trinajstić information content (AvgIpc) is 3.35. The van der Waals surface area contributed by atoms with Gasteiger partial charge >= 0.3 is 12.1 Å². The van der Waals surface area contributed by atoms with Gasteiger partial charge in [0.1, 0.15) is 18.5 Å². The minimum absolute atomic E-state index is 0.213. The van der Waals surface area contributed by atoms with Crippen molar-refractivity contribution in [1.29, 1.82) is 0 Å². The fourth-order valence-corrected chi connectivity index (χ4v) is 5.35. The summed E-state index contributed by atoms with van der Waals surface area (Å²) >= 11 is 0. The maximum absolute atomic E-state index is 12.9. The third-order valence-electron chi connectivity index (χ3n) is 7.36. The zero-order valence-corrected chi connectivity index (χ0v) is 21.4. The molecule has 1 unspecified atom stereocenters. The molecule has 3 aliphatic heterocycles. The van der Waals surface area contributed by atoms with Crippen LogP contribution in [0, 0.1) is 12.5 Å². The quantitative estimate of drug-likeness (QED) is 0.573. The molecule has 2 fully saturated rings. The van der Waals surface area contributed by atoms with Crippen LogP contribution in [-0.2, 0) is 24.3 Å². The van der Waals surface area contributed by atoms with Gasteiger partial charge in [-0.2, -0.15) is 9.97 Å². The Kier molecular flexibility index (Phi) is 8.02. The number of likely N-dealkylation sites (tertiary alicyclic amines) is 1. The number of hydrogen-bond acceptors (Lipinski definition) is 8. The number of carbonyl (C=O) groups is 1. The van der Waals surface area contributed by atoms with Crippen LogP contribution in [0.15, 0.2) is 30.3 Å². The van der Waals surface area contributed by atoms with Gasteiger partial charge in [-0.05, 0) is 38.5 Å². The van der Waals surface area contributed by atoms with Crippen molar-refractivity contribution in [3.8, 4) is 6.01 Å². The van der Waals surface area contributed by atoms with Gasteiger partial charge in [0, 0.05) is 44.2 Å². The molecule has 196 valence electrons. The summed E-state index contributed by atoms with van der Waals surface area (Å²) in [5.74, 6) is 1.36. The normalized spacial score (nSPS) is 21.8. The molecular formula is C27H35N7O3. The van der Waals surface area contributed by atoms with Gasteiger partial charge in [0.25, 0.3) is 0 Å². The topological polar surface area (TPSA) is 87.4 Å². The number of benzene rings is 1. The van der Waals surface area contributed by atoms with E-state index in [2.05, 4.69) is 27.0 Å². The molecule has 3 aliphatic rings. The van der Waals surface area contributed by atoms with Gasteiger partial charge < -0.3 is 29.4 Å². The van der Waals surface area contributed by atoms with Crippen LogP contribution in [0.2, 0.25) is 0 Å². The molecule has 1 aromatic carbocycles. The van der Waals surface area contributed by atoms with E-state index in [9.17, 15) is 4.79 Å². The molecule has 0 saturated carbocycles. The van der Waals surface area contributed by atoms with Gasteiger partial charge in [-0.3, -0.25) is 4.90 Å². The number of hydrogen-bond donors (Lipinski definition) is 1. The SMILES string of the molecule is [C-]#[N+]CC1CN(c2nc(OC[C@@H]3CCN(C)C3)nc3c2CCNC3)CCN1C(=O)OCc1ccccc1. The maximum Gasteiger partial charge on any atom is 0.410 e. The first-order chi connectivity index (χ1) is 18.1. The van der Waals surface area contributed by atoms with Crippen LogP contribution < -0.4 is 15.0 Å². The highest BCUT2D eigenvalue weighted by atomic mass is 16.6. The number of amides is 1. The molecule has 5 rings (SSSR count). The Morgan fingerprint density at radius 3 is 2.84 bits per heavy atom. The molecule has 0 bridgehead atoms. The van der Waals surface area contributed by atoms with Gasteiger partial charge in [0.2, 0.25) is 6.54 Å². The lowest BCUT2D eigenvalue weighted by atomic mass is 10.1. The van der Waals surface area contributed by atoms with E-state index >= 15 is 0 Å². The first-order valence-electron chi connectivity index (χ1n) is 13.1. The minimum atomic E-state index is -0.378. The van der Waals surface area contributed by atoms with Crippen LogP contribution in [0.4, 0.5) is 10.6 Å². The van der Waals surface area contributed by atoms with Gasteiger partial charge in [-0.1, -0.05) is 30.3 Å². The lowest BCUT2D eigenvalue weighted by Gasteiger charge is -2.40. The van der Waals surface area contributed by atoms with Crippen LogP contribution in [0.3, 0.4) is 0 Å². The lowest BCUT2D eigenvalue weighted by molar-refractivity contribution is 0.0788. The van der Waals surface area contributed by atoms with Crippen molar-refractivity contribution in [2.24, 2.45) is 5.92 Å². The Morgan fingerprint density at radius 2 is 2.05 bits per heavy atom. The Morgan fingerprint density at radius 1 is 1.19 bits per heavy atom. The summed E-state index contributed by atoms with van der Waals surface area (Å²) in [4.78, 5) is 32.4.